The predicted octanol–water partition coefficient (Wildman–Crippen LogP) is 2.31. The third-order valence-electron chi connectivity index (χ3n) is 2.70. The Morgan fingerprint density at radius 2 is 2.00 bits per heavy atom. The molecule has 0 saturated heterocycles. The summed E-state index contributed by atoms with van der Waals surface area (Å²) in [7, 11) is 0. The van der Waals surface area contributed by atoms with Gasteiger partial charge in [0.05, 0.1) is 5.56 Å². The Balaban J connectivity index is 2.20. The van der Waals surface area contributed by atoms with E-state index in [4.69, 9.17) is 5.73 Å². The van der Waals surface area contributed by atoms with Crippen LogP contribution in [0.4, 0.5) is 13.2 Å². The van der Waals surface area contributed by atoms with Crippen molar-refractivity contribution >= 4 is 0 Å². The van der Waals surface area contributed by atoms with Crippen LogP contribution in [-0.2, 0) is 6.18 Å². The van der Waals surface area contributed by atoms with E-state index in [0.717, 1.165) is 25.0 Å². The number of aromatic nitrogens is 1. The number of halogens is 3. The van der Waals surface area contributed by atoms with Crippen molar-refractivity contribution in [2.24, 2.45) is 5.73 Å². The van der Waals surface area contributed by atoms with E-state index >= 15 is 0 Å². The van der Waals surface area contributed by atoms with E-state index < -0.39 is 11.7 Å². The summed E-state index contributed by atoms with van der Waals surface area (Å²) < 4.78 is 37.1. The maximum absolute atomic E-state index is 12.4. The lowest BCUT2D eigenvalue weighted by Crippen LogP contribution is -2.35. The number of alkyl halides is 3. The van der Waals surface area contributed by atoms with Crippen molar-refractivity contribution in [3.05, 3.63) is 29.6 Å². The molecule has 1 aromatic heterocycles. The molecule has 0 bridgehead atoms. The molecule has 0 radical (unpaired) electrons. The maximum Gasteiger partial charge on any atom is 0.416 e. The van der Waals surface area contributed by atoms with Crippen LogP contribution < -0.4 is 5.73 Å². The van der Waals surface area contributed by atoms with Gasteiger partial charge in [0.15, 0.2) is 0 Å². The molecule has 1 fully saturated rings. The summed E-state index contributed by atoms with van der Waals surface area (Å²) in [6.07, 6.45) is -1.62. The van der Waals surface area contributed by atoms with Crippen LogP contribution in [0.3, 0.4) is 0 Å². The second-order valence-corrected chi connectivity index (χ2v) is 3.90. The molecule has 15 heavy (non-hydrogen) atoms. The Morgan fingerprint density at radius 3 is 2.53 bits per heavy atom. The lowest BCUT2D eigenvalue weighted by Gasteiger charge is -2.32. The molecule has 0 aromatic carbocycles. The molecular weight excluding hydrogens is 205 g/mol. The number of hydrogen-bond donors (Lipinski definition) is 1. The number of pyridine rings is 1. The number of nitrogens with zero attached hydrogens (tertiary/aromatic N) is 1. The van der Waals surface area contributed by atoms with Gasteiger partial charge >= 0.3 is 6.18 Å². The lowest BCUT2D eigenvalue weighted by atomic mass is 9.78. The van der Waals surface area contributed by atoms with Crippen LogP contribution in [0.2, 0.25) is 0 Å². The van der Waals surface area contributed by atoms with E-state index in [1.54, 1.807) is 0 Å². The molecule has 1 saturated carbocycles. The normalized spacial score (nSPS) is 26.1. The maximum atomic E-state index is 12.4. The molecule has 1 heterocycles. The molecule has 1 aliphatic carbocycles. The van der Waals surface area contributed by atoms with Crippen molar-refractivity contribution < 1.29 is 13.2 Å². The Morgan fingerprint density at radius 1 is 1.33 bits per heavy atom. The van der Waals surface area contributed by atoms with Gasteiger partial charge in [0, 0.05) is 23.9 Å². The van der Waals surface area contributed by atoms with E-state index in [2.05, 4.69) is 4.98 Å². The summed E-state index contributed by atoms with van der Waals surface area (Å²) >= 11 is 0. The van der Waals surface area contributed by atoms with Gasteiger partial charge in [0.2, 0.25) is 0 Å². The quantitative estimate of drug-likeness (QED) is 0.782. The smallest absolute Gasteiger partial charge is 0.328 e. The van der Waals surface area contributed by atoms with Gasteiger partial charge in [-0.3, -0.25) is 4.98 Å². The van der Waals surface area contributed by atoms with Gasteiger partial charge in [-0.2, -0.15) is 13.2 Å². The van der Waals surface area contributed by atoms with E-state index in [0.29, 0.717) is 5.69 Å². The van der Waals surface area contributed by atoms with E-state index in [-0.39, 0.29) is 12.0 Å². The molecule has 82 valence electrons. The van der Waals surface area contributed by atoms with Crippen LogP contribution in [0.15, 0.2) is 18.3 Å². The monoisotopic (exact) mass is 216 g/mol. The first-order chi connectivity index (χ1) is 6.97. The van der Waals surface area contributed by atoms with E-state index in [1.807, 2.05) is 0 Å². The van der Waals surface area contributed by atoms with Gasteiger partial charge in [-0.05, 0) is 25.0 Å². The molecule has 0 atom stereocenters. The van der Waals surface area contributed by atoms with Crippen molar-refractivity contribution in [1.29, 1.82) is 0 Å². The van der Waals surface area contributed by atoms with Gasteiger partial charge < -0.3 is 5.73 Å². The molecule has 0 spiro atoms. The topological polar surface area (TPSA) is 38.9 Å². The molecule has 2 rings (SSSR count). The van der Waals surface area contributed by atoms with Crippen LogP contribution in [0.5, 0.6) is 0 Å². The van der Waals surface area contributed by atoms with Gasteiger partial charge in [0.1, 0.15) is 0 Å². The molecule has 1 aromatic rings. The third-order valence-corrected chi connectivity index (χ3v) is 2.70. The summed E-state index contributed by atoms with van der Waals surface area (Å²) in [5, 5.41) is 0. The highest BCUT2D eigenvalue weighted by atomic mass is 19.4. The highest BCUT2D eigenvalue weighted by Gasteiger charge is 2.33. The Bertz CT molecular complexity index is 356. The lowest BCUT2D eigenvalue weighted by molar-refractivity contribution is -0.137. The third kappa shape index (κ3) is 2.12. The molecule has 1 aliphatic rings. The fraction of sp³-hybridized carbons (Fsp3) is 0.500. The number of rotatable bonds is 1. The first-order valence-corrected chi connectivity index (χ1v) is 4.75. The fourth-order valence-corrected chi connectivity index (χ4v) is 1.75. The summed E-state index contributed by atoms with van der Waals surface area (Å²) in [4.78, 5) is 3.95. The van der Waals surface area contributed by atoms with Crippen LogP contribution >= 0.6 is 0 Å². The highest BCUT2D eigenvalue weighted by molar-refractivity contribution is 5.23. The average molecular weight is 216 g/mol. The molecule has 0 amide bonds. The van der Waals surface area contributed by atoms with E-state index in [9.17, 15) is 13.2 Å². The van der Waals surface area contributed by atoms with E-state index in [1.165, 1.54) is 6.20 Å². The van der Waals surface area contributed by atoms with Crippen LogP contribution in [-0.4, -0.2) is 11.0 Å². The SMILES string of the molecule is N[C@H]1C[C@H](c2cc(C(F)(F)F)ccn2)C1. The second kappa shape index (κ2) is 3.48. The zero-order chi connectivity index (χ0) is 11.1. The Kier molecular flexibility index (Phi) is 2.42. The number of hydrogen-bond acceptors (Lipinski definition) is 2. The molecule has 5 heteroatoms. The van der Waals surface area contributed by atoms with Gasteiger partial charge in [0.25, 0.3) is 0 Å². The molecule has 2 N–H and O–H groups in total. The van der Waals surface area contributed by atoms with Gasteiger partial charge in [-0.1, -0.05) is 0 Å². The minimum absolute atomic E-state index is 0.0994. The zero-order valence-electron chi connectivity index (χ0n) is 7.96. The molecule has 0 aliphatic heterocycles. The van der Waals surface area contributed by atoms with Crippen molar-refractivity contribution in [3.63, 3.8) is 0 Å². The fourth-order valence-electron chi connectivity index (χ4n) is 1.75. The molecular formula is C10H11F3N2. The minimum atomic E-state index is -4.29. The summed E-state index contributed by atoms with van der Waals surface area (Å²) in [6, 6.07) is 2.23. The van der Waals surface area contributed by atoms with Crippen molar-refractivity contribution in [1.82, 2.24) is 4.98 Å². The van der Waals surface area contributed by atoms with Gasteiger partial charge in [-0.25, -0.2) is 0 Å². The van der Waals surface area contributed by atoms with Crippen molar-refractivity contribution in [3.8, 4) is 0 Å². The van der Waals surface area contributed by atoms with Gasteiger partial charge in [-0.15, -0.1) is 0 Å². The Labute approximate surface area is 85.3 Å². The van der Waals surface area contributed by atoms with Crippen LogP contribution in [0.25, 0.3) is 0 Å². The minimum Gasteiger partial charge on any atom is -0.328 e. The largest absolute Gasteiger partial charge is 0.416 e. The average Bonchev–Trinajstić information content (AvgIpc) is 2.12. The Hall–Kier alpha value is -1.10. The summed E-state index contributed by atoms with van der Waals surface area (Å²) in [5.41, 5.74) is 5.45. The summed E-state index contributed by atoms with van der Waals surface area (Å²) in [6.45, 7) is 0. The summed E-state index contributed by atoms with van der Waals surface area (Å²) in [5.74, 6) is 0.0994. The number of nitrogens with two attached hydrogens (primary N) is 1. The van der Waals surface area contributed by atoms with Crippen LogP contribution in [0, 0.1) is 0 Å². The second-order valence-electron chi connectivity index (χ2n) is 3.90. The first kappa shape index (κ1) is 10.4. The first-order valence-electron chi connectivity index (χ1n) is 4.75. The van der Waals surface area contributed by atoms with Crippen molar-refractivity contribution in [2.75, 3.05) is 0 Å². The van der Waals surface area contributed by atoms with Crippen molar-refractivity contribution in [2.45, 2.75) is 31.0 Å². The van der Waals surface area contributed by atoms with Crippen LogP contribution in [0.1, 0.15) is 30.0 Å². The standard InChI is InChI=1S/C10H11F3N2/c11-10(12,13)7-1-2-15-9(5-7)6-3-8(14)4-6/h1-2,5-6,8H,3-4,14H2/t6-,8-. The molecule has 0 unspecified atom stereocenters. The molecule has 2 nitrogen and oxygen atoms in total. The highest BCUT2D eigenvalue weighted by Crippen LogP contribution is 2.37. The zero-order valence-corrected chi connectivity index (χ0v) is 7.96. The predicted molar refractivity (Wildman–Crippen MR) is 49.2 cm³/mol.